The number of amides is 1. The average Bonchev–Trinajstić information content (AvgIpc) is 2.87. The Morgan fingerprint density at radius 1 is 1.45 bits per heavy atom. The molecule has 1 heterocycles. The van der Waals surface area contributed by atoms with Crippen LogP contribution in [0.3, 0.4) is 0 Å². The van der Waals surface area contributed by atoms with Gasteiger partial charge in [-0.1, -0.05) is 6.92 Å². The zero-order valence-electron chi connectivity index (χ0n) is 11.4. The molecule has 0 saturated heterocycles. The van der Waals surface area contributed by atoms with Crippen LogP contribution in [0, 0.1) is 10.1 Å². The standard InChI is InChI=1S/C12H17N3O5/c1-3-5-14(8-11(16)20-4-2)12(17)10-6-9(7-13-10)15(18)19/h6-7,13H,3-5,8H2,1-2H3. The van der Waals surface area contributed by atoms with E-state index in [4.69, 9.17) is 4.74 Å². The first-order valence-electron chi connectivity index (χ1n) is 6.27. The third-order valence-corrected chi connectivity index (χ3v) is 2.52. The van der Waals surface area contributed by atoms with E-state index < -0.39 is 16.8 Å². The Hall–Kier alpha value is -2.38. The van der Waals surface area contributed by atoms with Gasteiger partial charge in [-0.25, -0.2) is 0 Å². The number of aromatic nitrogens is 1. The number of nitro groups is 1. The maximum absolute atomic E-state index is 12.2. The second-order valence-electron chi connectivity index (χ2n) is 4.06. The molecular weight excluding hydrogens is 266 g/mol. The predicted octanol–water partition coefficient (Wildman–Crippen LogP) is 1.34. The third kappa shape index (κ3) is 4.08. The van der Waals surface area contributed by atoms with Crippen LogP contribution in [0.5, 0.6) is 0 Å². The molecule has 1 N–H and O–H groups in total. The molecule has 0 unspecified atom stereocenters. The van der Waals surface area contributed by atoms with E-state index in [-0.39, 0.29) is 24.5 Å². The van der Waals surface area contributed by atoms with E-state index in [1.807, 2.05) is 6.92 Å². The van der Waals surface area contributed by atoms with Crippen molar-refractivity contribution >= 4 is 17.6 Å². The van der Waals surface area contributed by atoms with E-state index in [1.54, 1.807) is 6.92 Å². The molecular formula is C12H17N3O5. The zero-order valence-corrected chi connectivity index (χ0v) is 11.4. The number of rotatable bonds is 7. The zero-order chi connectivity index (χ0) is 15.1. The quantitative estimate of drug-likeness (QED) is 0.461. The summed E-state index contributed by atoms with van der Waals surface area (Å²) in [5.41, 5.74) is -0.115. The van der Waals surface area contributed by atoms with Crippen LogP contribution in [-0.4, -0.2) is 46.4 Å². The molecule has 0 aliphatic carbocycles. The van der Waals surface area contributed by atoms with Crippen LogP contribution in [0.1, 0.15) is 30.8 Å². The first-order valence-corrected chi connectivity index (χ1v) is 6.27. The van der Waals surface area contributed by atoms with E-state index in [1.165, 1.54) is 4.90 Å². The molecule has 0 saturated carbocycles. The smallest absolute Gasteiger partial charge is 0.325 e. The minimum Gasteiger partial charge on any atom is -0.465 e. The van der Waals surface area contributed by atoms with Gasteiger partial charge in [-0.2, -0.15) is 0 Å². The first kappa shape index (κ1) is 15.7. The number of carbonyl (C=O) groups excluding carboxylic acids is 2. The summed E-state index contributed by atoms with van der Waals surface area (Å²) in [6.07, 6.45) is 1.80. The molecule has 1 aromatic rings. The largest absolute Gasteiger partial charge is 0.465 e. The molecule has 0 spiro atoms. The van der Waals surface area contributed by atoms with E-state index in [0.29, 0.717) is 13.0 Å². The summed E-state index contributed by atoms with van der Waals surface area (Å²) in [4.78, 5) is 37.5. The van der Waals surface area contributed by atoms with Crippen molar-refractivity contribution in [1.29, 1.82) is 0 Å². The lowest BCUT2D eigenvalue weighted by Gasteiger charge is -2.20. The number of esters is 1. The number of H-pyrrole nitrogens is 1. The van der Waals surface area contributed by atoms with Gasteiger partial charge >= 0.3 is 5.97 Å². The summed E-state index contributed by atoms with van der Waals surface area (Å²) in [7, 11) is 0. The van der Waals surface area contributed by atoms with Crippen LogP contribution >= 0.6 is 0 Å². The Bertz CT molecular complexity index is 497. The third-order valence-electron chi connectivity index (χ3n) is 2.52. The fraction of sp³-hybridized carbons (Fsp3) is 0.500. The number of nitrogens with one attached hydrogen (secondary N) is 1. The van der Waals surface area contributed by atoms with Gasteiger partial charge in [0.1, 0.15) is 12.2 Å². The van der Waals surface area contributed by atoms with Gasteiger partial charge in [0.25, 0.3) is 11.6 Å². The lowest BCUT2D eigenvalue weighted by Crippen LogP contribution is -2.37. The summed E-state index contributed by atoms with van der Waals surface area (Å²) in [5, 5.41) is 10.6. The highest BCUT2D eigenvalue weighted by atomic mass is 16.6. The summed E-state index contributed by atoms with van der Waals surface area (Å²) >= 11 is 0. The highest BCUT2D eigenvalue weighted by molar-refractivity contribution is 5.95. The van der Waals surface area contributed by atoms with Crippen LogP contribution < -0.4 is 0 Å². The van der Waals surface area contributed by atoms with Gasteiger partial charge in [0, 0.05) is 12.6 Å². The van der Waals surface area contributed by atoms with Crippen LogP contribution in [0.4, 0.5) is 5.69 Å². The van der Waals surface area contributed by atoms with Gasteiger partial charge < -0.3 is 14.6 Å². The van der Waals surface area contributed by atoms with Crippen molar-refractivity contribution in [1.82, 2.24) is 9.88 Å². The van der Waals surface area contributed by atoms with E-state index >= 15 is 0 Å². The number of ether oxygens (including phenoxy) is 1. The number of aromatic amines is 1. The van der Waals surface area contributed by atoms with E-state index in [9.17, 15) is 19.7 Å². The molecule has 8 heteroatoms. The lowest BCUT2D eigenvalue weighted by molar-refractivity contribution is -0.384. The van der Waals surface area contributed by atoms with Gasteiger partial charge in [-0.3, -0.25) is 19.7 Å². The topological polar surface area (TPSA) is 106 Å². The minimum absolute atomic E-state index is 0.0782. The molecule has 0 aliphatic rings. The van der Waals surface area contributed by atoms with Gasteiger partial charge in [0.15, 0.2) is 0 Å². The second-order valence-corrected chi connectivity index (χ2v) is 4.06. The Balaban J connectivity index is 2.81. The van der Waals surface area contributed by atoms with Crippen molar-refractivity contribution in [2.24, 2.45) is 0 Å². The number of nitrogens with zero attached hydrogens (tertiary/aromatic N) is 2. The highest BCUT2D eigenvalue weighted by Gasteiger charge is 2.22. The van der Waals surface area contributed by atoms with E-state index in [0.717, 1.165) is 12.3 Å². The molecule has 0 aliphatic heterocycles. The van der Waals surface area contributed by atoms with Crippen molar-refractivity contribution in [3.63, 3.8) is 0 Å². The van der Waals surface area contributed by atoms with Crippen molar-refractivity contribution in [3.05, 3.63) is 28.1 Å². The predicted molar refractivity (Wildman–Crippen MR) is 70.3 cm³/mol. The highest BCUT2D eigenvalue weighted by Crippen LogP contribution is 2.14. The lowest BCUT2D eigenvalue weighted by atomic mass is 10.3. The minimum atomic E-state index is -0.594. The molecule has 110 valence electrons. The molecule has 0 atom stereocenters. The van der Waals surface area contributed by atoms with Gasteiger partial charge in [0.2, 0.25) is 0 Å². The molecule has 20 heavy (non-hydrogen) atoms. The van der Waals surface area contributed by atoms with Gasteiger partial charge in [-0.15, -0.1) is 0 Å². The maximum Gasteiger partial charge on any atom is 0.325 e. The maximum atomic E-state index is 12.2. The fourth-order valence-corrected chi connectivity index (χ4v) is 1.67. The number of hydrogen-bond donors (Lipinski definition) is 1. The molecule has 1 aromatic heterocycles. The average molecular weight is 283 g/mol. The Kier molecular flexibility index (Phi) is 5.70. The molecule has 0 fully saturated rings. The normalized spacial score (nSPS) is 10.1. The van der Waals surface area contributed by atoms with Gasteiger partial charge in [0.05, 0.1) is 17.7 Å². The molecule has 1 amide bonds. The summed E-state index contributed by atoms with van der Waals surface area (Å²) in [5.74, 6) is -0.969. The number of hydrogen-bond acceptors (Lipinski definition) is 5. The molecule has 0 radical (unpaired) electrons. The van der Waals surface area contributed by atoms with Crippen molar-refractivity contribution in [2.75, 3.05) is 19.7 Å². The summed E-state index contributed by atoms with van der Waals surface area (Å²) < 4.78 is 4.80. The Morgan fingerprint density at radius 3 is 2.65 bits per heavy atom. The fourth-order valence-electron chi connectivity index (χ4n) is 1.67. The summed E-state index contributed by atoms with van der Waals surface area (Å²) in [6, 6.07) is 1.15. The summed E-state index contributed by atoms with van der Waals surface area (Å²) in [6.45, 7) is 3.97. The molecule has 8 nitrogen and oxygen atoms in total. The monoisotopic (exact) mass is 283 g/mol. The van der Waals surface area contributed by atoms with Crippen LogP contribution in [-0.2, 0) is 9.53 Å². The van der Waals surface area contributed by atoms with Crippen LogP contribution in [0.2, 0.25) is 0 Å². The molecule has 0 aromatic carbocycles. The van der Waals surface area contributed by atoms with Crippen molar-refractivity contribution in [2.45, 2.75) is 20.3 Å². The molecule has 1 rings (SSSR count). The number of carbonyl (C=O) groups is 2. The van der Waals surface area contributed by atoms with Crippen molar-refractivity contribution in [3.8, 4) is 0 Å². The Morgan fingerprint density at radius 2 is 2.15 bits per heavy atom. The van der Waals surface area contributed by atoms with Crippen LogP contribution in [0.25, 0.3) is 0 Å². The van der Waals surface area contributed by atoms with Gasteiger partial charge in [-0.05, 0) is 13.3 Å². The van der Waals surface area contributed by atoms with Crippen LogP contribution in [0.15, 0.2) is 12.3 Å². The van der Waals surface area contributed by atoms with E-state index in [2.05, 4.69) is 4.98 Å². The Labute approximate surface area is 115 Å². The first-order chi connectivity index (χ1) is 9.49. The molecule has 0 bridgehead atoms. The second kappa shape index (κ2) is 7.27. The van der Waals surface area contributed by atoms with Crippen molar-refractivity contribution < 1.29 is 19.2 Å². The SMILES string of the molecule is CCCN(CC(=O)OCC)C(=O)c1cc([N+](=O)[O-])c[nH]1.